The first kappa shape index (κ1) is 18.5. The predicted octanol–water partition coefficient (Wildman–Crippen LogP) is 3.97. The molecule has 2 aromatic rings. The highest BCUT2D eigenvalue weighted by Crippen LogP contribution is 2.21. The highest BCUT2D eigenvalue weighted by atomic mass is 35.5. The molecule has 1 atom stereocenters. The van der Waals surface area contributed by atoms with Gasteiger partial charge in [0.05, 0.1) is 0 Å². The maximum Gasteiger partial charge on any atom is 0.270 e. The van der Waals surface area contributed by atoms with Crippen LogP contribution in [0.2, 0.25) is 10.0 Å². The number of amides is 1. The SMILES string of the molecule is CCC(C)Nc1nccc(C(=O)NCCc2ccc(Cl)cc2Cl)n1. The van der Waals surface area contributed by atoms with Crippen molar-refractivity contribution in [3.63, 3.8) is 0 Å². The normalized spacial score (nSPS) is 11.8. The molecule has 0 bridgehead atoms. The van der Waals surface area contributed by atoms with E-state index in [2.05, 4.69) is 27.5 Å². The lowest BCUT2D eigenvalue weighted by atomic mass is 10.1. The number of halogens is 2. The molecule has 1 aromatic carbocycles. The summed E-state index contributed by atoms with van der Waals surface area (Å²) in [6.45, 7) is 4.56. The van der Waals surface area contributed by atoms with Crippen LogP contribution < -0.4 is 10.6 Å². The quantitative estimate of drug-likeness (QED) is 0.777. The van der Waals surface area contributed by atoms with Gasteiger partial charge in [-0.1, -0.05) is 36.2 Å². The summed E-state index contributed by atoms with van der Waals surface area (Å²) in [4.78, 5) is 20.6. The average molecular weight is 367 g/mol. The second kappa shape index (κ2) is 8.85. The summed E-state index contributed by atoms with van der Waals surface area (Å²) in [5.41, 5.74) is 1.26. The Labute approximate surface area is 151 Å². The van der Waals surface area contributed by atoms with Gasteiger partial charge in [-0.2, -0.15) is 0 Å². The summed E-state index contributed by atoms with van der Waals surface area (Å²) in [7, 11) is 0. The maximum absolute atomic E-state index is 12.2. The molecule has 0 aliphatic heterocycles. The van der Waals surface area contributed by atoms with Crippen LogP contribution in [0.3, 0.4) is 0 Å². The van der Waals surface area contributed by atoms with E-state index in [4.69, 9.17) is 23.2 Å². The lowest BCUT2D eigenvalue weighted by molar-refractivity contribution is 0.0949. The zero-order valence-electron chi connectivity index (χ0n) is 13.6. The fourth-order valence-electron chi connectivity index (χ4n) is 2.00. The predicted molar refractivity (Wildman–Crippen MR) is 97.9 cm³/mol. The van der Waals surface area contributed by atoms with Crippen LogP contribution in [0, 0.1) is 0 Å². The summed E-state index contributed by atoms with van der Waals surface area (Å²) < 4.78 is 0. The third-order valence-corrected chi connectivity index (χ3v) is 4.16. The third-order valence-electron chi connectivity index (χ3n) is 3.57. The minimum Gasteiger partial charge on any atom is -0.352 e. The van der Waals surface area contributed by atoms with E-state index in [0.717, 1.165) is 12.0 Å². The number of carbonyl (C=O) groups excluding carboxylic acids is 1. The van der Waals surface area contributed by atoms with Gasteiger partial charge < -0.3 is 10.6 Å². The average Bonchev–Trinajstić information content (AvgIpc) is 2.56. The van der Waals surface area contributed by atoms with E-state index in [0.29, 0.717) is 34.7 Å². The van der Waals surface area contributed by atoms with E-state index in [1.165, 1.54) is 0 Å². The summed E-state index contributed by atoms with van der Waals surface area (Å²) in [6.07, 6.45) is 3.13. The van der Waals surface area contributed by atoms with Crippen LogP contribution in [0.15, 0.2) is 30.5 Å². The smallest absolute Gasteiger partial charge is 0.270 e. The molecule has 7 heteroatoms. The first-order valence-corrected chi connectivity index (χ1v) is 8.57. The van der Waals surface area contributed by atoms with Crippen LogP contribution in [0.5, 0.6) is 0 Å². The van der Waals surface area contributed by atoms with Gasteiger partial charge in [0.2, 0.25) is 5.95 Å². The largest absolute Gasteiger partial charge is 0.352 e. The molecular formula is C17H20Cl2N4O. The fraction of sp³-hybridized carbons (Fsp3) is 0.353. The van der Waals surface area contributed by atoms with E-state index in [9.17, 15) is 4.79 Å². The highest BCUT2D eigenvalue weighted by molar-refractivity contribution is 6.35. The number of anilines is 1. The van der Waals surface area contributed by atoms with E-state index in [1.807, 2.05) is 13.0 Å². The van der Waals surface area contributed by atoms with Gasteiger partial charge in [0.1, 0.15) is 5.69 Å². The number of nitrogens with zero attached hydrogens (tertiary/aromatic N) is 2. The Morgan fingerprint density at radius 2 is 2.08 bits per heavy atom. The third kappa shape index (κ3) is 5.35. The van der Waals surface area contributed by atoms with Gasteiger partial charge in [-0.25, -0.2) is 9.97 Å². The Morgan fingerprint density at radius 1 is 1.29 bits per heavy atom. The molecule has 1 amide bonds. The van der Waals surface area contributed by atoms with Gasteiger partial charge in [-0.3, -0.25) is 4.79 Å². The van der Waals surface area contributed by atoms with Crippen molar-refractivity contribution in [1.29, 1.82) is 0 Å². The second-order valence-corrected chi connectivity index (χ2v) is 6.30. The molecule has 1 heterocycles. The van der Waals surface area contributed by atoms with Gasteiger partial charge >= 0.3 is 0 Å². The number of rotatable bonds is 7. The molecular weight excluding hydrogens is 347 g/mol. The molecule has 1 aromatic heterocycles. The standard InChI is InChI=1S/C17H20Cl2N4O/c1-3-11(2)22-17-21-9-7-15(23-17)16(24)20-8-6-12-4-5-13(18)10-14(12)19/h4-5,7,9-11H,3,6,8H2,1-2H3,(H,20,24)(H,21,22,23). The minimum absolute atomic E-state index is 0.241. The summed E-state index contributed by atoms with van der Waals surface area (Å²) in [5, 5.41) is 7.17. The Morgan fingerprint density at radius 3 is 2.79 bits per heavy atom. The Hall–Kier alpha value is -1.85. The fourth-order valence-corrected chi connectivity index (χ4v) is 2.51. The van der Waals surface area contributed by atoms with Crippen molar-refractivity contribution >= 4 is 35.1 Å². The van der Waals surface area contributed by atoms with Gasteiger partial charge in [-0.15, -0.1) is 0 Å². The van der Waals surface area contributed by atoms with Crippen molar-refractivity contribution in [1.82, 2.24) is 15.3 Å². The number of carbonyl (C=O) groups is 1. The van der Waals surface area contributed by atoms with Crippen molar-refractivity contribution in [2.24, 2.45) is 0 Å². The molecule has 24 heavy (non-hydrogen) atoms. The number of hydrogen-bond donors (Lipinski definition) is 2. The molecule has 0 fully saturated rings. The molecule has 1 unspecified atom stereocenters. The van der Waals surface area contributed by atoms with Crippen LogP contribution >= 0.6 is 23.2 Å². The van der Waals surface area contributed by atoms with Crippen LogP contribution in [0.4, 0.5) is 5.95 Å². The molecule has 0 aliphatic rings. The van der Waals surface area contributed by atoms with Crippen molar-refractivity contribution in [3.05, 3.63) is 51.8 Å². The first-order valence-electron chi connectivity index (χ1n) is 7.81. The van der Waals surface area contributed by atoms with E-state index >= 15 is 0 Å². The second-order valence-electron chi connectivity index (χ2n) is 5.46. The van der Waals surface area contributed by atoms with Gasteiger partial charge in [0, 0.05) is 28.8 Å². The van der Waals surface area contributed by atoms with Crippen molar-refractivity contribution in [2.75, 3.05) is 11.9 Å². The lowest BCUT2D eigenvalue weighted by Gasteiger charge is -2.11. The number of hydrogen-bond acceptors (Lipinski definition) is 4. The van der Waals surface area contributed by atoms with Crippen LogP contribution in [0.25, 0.3) is 0 Å². The van der Waals surface area contributed by atoms with Crippen molar-refractivity contribution in [2.45, 2.75) is 32.7 Å². The zero-order chi connectivity index (χ0) is 17.5. The molecule has 0 saturated heterocycles. The maximum atomic E-state index is 12.2. The summed E-state index contributed by atoms with van der Waals surface area (Å²) in [6, 6.07) is 7.16. The number of benzene rings is 1. The molecule has 128 valence electrons. The summed E-state index contributed by atoms with van der Waals surface area (Å²) >= 11 is 12.0. The van der Waals surface area contributed by atoms with Gasteiger partial charge in [0.15, 0.2) is 0 Å². The van der Waals surface area contributed by atoms with Crippen molar-refractivity contribution in [3.8, 4) is 0 Å². The minimum atomic E-state index is -0.241. The molecule has 0 radical (unpaired) electrons. The van der Waals surface area contributed by atoms with Crippen LogP contribution in [-0.4, -0.2) is 28.5 Å². The zero-order valence-corrected chi connectivity index (χ0v) is 15.2. The van der Waals surface area contributed by atoms with Crippen LogP contribution in [-0.2, 0) is 6.42 Å². The van der Waals surface area contributed by atoms with Crippen molar-refractivity contribution < 1.29 is 4.79 Å². The molecule has 0 spiro atoms. The highest BCUT2D eigenvalue weighted by Gasteiger charge is 2.10. The molecule has 2 N–H and O–H groups in total. The van der Waals surface area contributed by atoms with E-state index in [1.54, 1.807) is 24.4 Å². The van der Waals surface area contributed by atoms with Gasteiger partial charge in [0.25, 0.3) is 5.91 Å². The molecule has 0 saturated carbocycles. The van der Waals surface area contributed by atoms with Gasteiger partial charge in [-0.05, 0) is 43.5 Å². The molecule has 0 aliphatic carbocycles. The Bertz CT molecular complexity index is 709. The van der Waals surface area contributed by atoms with Crippen LogP contribution in [0.1, 0.15) is 36.3 Å². The lowest BCUT2D eigenvalue weighted by Crippen LogP contribution is -2.27. The number of nitrogens with one attached hydrogen (secondary N) is 2. The van der Waals surface area contributed by atoms with E-state index in [-0.39, 0.29) is 11.9 Å². The Kier molecular flexibility index (Phi) is 6.82. The summed E-state index contributed by atoms with van der Waals surface area (Å²) in [5.74, 6) is 0.215. The Balaban J connectivity index is 1.91. The monoisotopic (exact) mass is 366 g/mol. The molecule has 5 nitrogen and oxygen atoms in total. The first-order chi connectivity index (χ1) is 11.5. The number of aromatic nitrogens is 2. The topological polar surface area (TPSA) is 66.9 Å². The molecule has 2 rings (SSSR count). The van der Waals surface area contributed by atoms with E-state index < -0.39 is 0 Å².